The smallest absolute Gasteiger partial charge is 0.323 e. The van der Waals surface area contributed by atoms with Crippen molar-refractivity contribution in [2.75, 3.05) is 12.9 Å². The van der Waals surface area contributed by atoms with E-state index in [2.05, 4.69) is 15.3 Å². The second kappa shape index (κ2) is 6.84. The summed E-state index contributed by atoms with van der Waals surface area (Å²) in [6.07, 6.45) is 3.21. The number of hydrogen-bond donors (Lipinski definition) is 0. The van der Waals surface area contributed by atoms with Crippen LogP contribution in [0.5, 0.6) is 5.75 Å². The normalized spacial score (nSPS) is 13.3. The minimum Gasteiger partial charge on any atom is -0.497 e. The third-order valence-corrected chi connectivity index (χ3v) is 5.63. The van der Waals surface area contributed by atoms with Gasteiger partial charge in [0.1, 0.15) is 17.6 Å². The summed E-state index contributed by atoms with van der Waals surface area (Å²) in [5, 5.41) is 12.1. The average molecular weight is 368 g/mol. The Morgan fingerprint density at radius 3 is 2.54 bits per heavy atom. The van der Waals surface area contributed by atoms with Crippen molar-refractivity contribution in [3.05, 3.63) is 64.8 Å². The summed E-state index contributed by atoms with van der Waals surface area (Å²) >= 11 is 1.83. The fourth-order valence-corrected chi connectivity index (χ4v) is 4.24. The van der Waals surface area contributed by atoms with E-state index in [1.807, 2.05) is 48.2 Å². The van der Waals surface area contributed by atoms with E-state index in [1.54, 1.807) is 19.2 Å². The molecular formula is C19H18N3O3S+. The summed E-state index contributed by atoms with van der Waals surface area (Å²) in [4.78, 5) is 10.5. The van der Waals surface area contributed by atoms with Crippen LogP contribution in [0, 0.1) is 10.1 Å². The molecule has 0 fully saturated rings. The maximum Gasteiger partial charge on any atom is 0.323 e. The molecule has 7 heteroatoms. The molecule has 26 heavy (non-hydrogen) atoms. The number of hydrogen-bond acceptors (Lipinski definition) is 4. The first-order chi connectivity index (χ1) is 12.7. The van der Waals surface area contributed by atoms with Crippen LogP contribution in [0.4, 0.5) is 5.69 Å². The number of benzene rings is 2. The van der Waals surface area contributed by atoms with Crippen molar-refractivity contribution in [2.24, 2.45) is 0 Å². The van der Waals surface area contributed by atoms with Gasteiger partial charge in [0, 0.05) is 23.4 Å². The van der Waals surface area contributed by atoms with Crippen molar-refractivity contribution < 1.29 is 14.2 Å². The Hall–Kier alpha value is -2.80. The maximum absolute atomic E-state index is 10.9. The highest BCUT2D eigenvalue weighted by atomic mass is 32.2. The first-order valence-corrected chi connectivity index (χ1v) is 9.33. The van der Waals surface area contributed by atoms with E-state index in [1.165, 1.54) is 5.16 Å². The standard InChI is InChI=1S/C19H18N3O3S/c1-25-17-9-7-15(8-10-17)21-13-18(20-11-2-12-26-19(20)21)14-3-5-16(6-4-14)22(23)24/h3-10,13H,2,11-12H2,1H3/q+1. The lowest BCUT2D eigenvalue weighted by Gasteiger charge is -2.10. The van der Waals surface area contributed by atoms with Crippen LogP contribution in [-0.2, 0) is 6.54 Å². The summed E-state index contributed by atoms with van der Waals surface area (Å²) in [5.41, 5.74) is 3.22. The van der Waals surface area contributed by atoms with Crippen molar-refractivity contribution in [2.45, 2.75) is 18.1 Å². The number of nitrogens with zero attached hydrogens (tertiary/aromatic N) is 3. The third kappa shape index (κ3) is 2.94. The van der Waals surface area contributed by atoms with Gasteiger partial charge < -0.3 is 4.74 Å². The van der Waals surface area contributed by atoms with Crippen LogP contribution in [0.25, 0.3) is 16.9 Å². The first-order valence-electron chi connectivity index (χ1n) is 8.34. The number of fused-ring (bicyclic) bond motifs is 1. The largest absolute Gasteiger partial charge is 0.497 e. The molecule has 4 rings (SSSR count). The third-order valence-electron chi connectivity index (χ3n) is 4.46. The van der Waals surface area contributed by atoms with E-state index >= 15 is 0 Å². The molecule has 1 aromatic heterocycles. The van der Waals surface area contributed by atoms with Crippen molar-refractivity contribution in [3.63, 3.8) is 0 Å². The summed E-state index contributed by atoms with van der Waals surface area (Å²) in [6.45, 7) is 0.942. The van der Waals surface area contributed by atoms with Gasteiger partial charge in [0.25, 0.3) is 5.69 Å². The molecule has 0 amide bonds. The second-order valence-corrected chi connectivity index (χ2v) is 7.08. The minimum atomic E-state index is -0.370. The molecule has 0 N–H and O–H groups in total. The summed E-state index contributed by atoms with van der Waals surface area (Å²) in [6, 6.07) is 14.7. The Labute approximate surface area is 155 Å². The van der Waals surface area contributed by atoms with E-state index in [-0.39, 0.29) is 10.6 Å². The summed E-state index contributed by atoms with van der Waals surface area (Å²) in [5.74, 6) is 1.91. The lowest BCUT2D eigenvalue weighted by molar-refractivity contribution is -0.724. The highest BCUT2D eigenvalue weighted by Gasteiger charge is 2.29. The van der Waals surface area contributed by atoms with Crippen LogP contribution in [0.15, 0.2) is 59.9 Å². The molecule has 3 aromatic rings. The molecule has 0 saturated heterocycles. The molecule has 132 valence electrons. The number of imidazole rings is 1. The maximum atomic E-state index is 10.9. The lowest BCUT2D eigenvalue weighted by Crippen LogP contribution is -2.40. The molecule has 2 aromatic carbocycles. The Bertz CT molecular complexity index is 949. The second-order valence-electron chi connectivity index (χ2n) is 6.02. The van der Waals surface area contributed by atoms with Crippen LogP contribution >= 0.6 is 11.8 Å². The molecule has 0 bridgehead atoms. The molecule has 0 unspecified atom stereocenters. The Balaban J connectivity index is 1.80. The number of non-ortho nitro benzene ring substituents is 1. The molecule has 1 aliphatic heterocycles. The number of nitro benzene ring substituents is 1. The van der Waals surface area contributed by atoms with Gasteiger partial charge in [-0.15, -0.1) is 0 Å². The van der Waals surface area contributed by atoms with Gasteiger partial charge in [-0.1, -0.05) is 0 Å². The number of methoxy groups -OCH3 is 1. The molecule has 0 atom stereocenters. The van der Waals surface area contributed by atoms with Crippen molar-refractivity contribution >= 4 is 17.4 Å². The van der Waals surface area contributed by atoms with Crippen LogP contribution in [-0.4, -0.2) is 22.4 Å². The fourth-order valence-electron chi connectivity index (χ4n) is 3.14. The number of ether oxygens (including phenoxy) is 1. The summed E-state index contributed by atoms with van der Waals surface area (Å²) in [7, 11) is 1.66. The number of nitro groups is 1. The van der Waals surface area contributed by atoms with E-state index in [0.717, 1.165) is 41.4 Å². The van der Waals surface area contributed by atoms with E-state index in [9.17, 15) is 10.1 Å². The molecule has 6 nitrogen and oxygen atoms in total. The highest BCUT2D eigenvalue weighted by Crippen LogP contribution is 2.30. The fraction of sp³-hybridized carbons (Fsp3) is 0.211. The molecule has 0 spiro atoms. The molecular weight excluding hydrogens is 350 g/mol. The predicted octanol–water partition coefficient (Wildman–Crippen LogP) is 3.84. The lowest BCUT2D eigenvalue weighted by atomic mass is 10.1. The van der Waals surface area contributed by atoms with Gasteiger partial charge in [-0.3, -0.25) is 10.1 Å². The Morgan fingerprint density at radius 2 is 1.88 bits per heavy atom. The number of thioether (sulfide) groups is 1. The van der Waals surface area contributed by atoms with Crippen LogP contribution < -0.4 is 9.30 Å². The molecule has 2 heterocycles. The van der Waals surface area contributed by atoms with E-state index in [4.69, 9.17) is 4.74 Å². The zero-order chi connectivity index (χ0) is 18.1. The van der Waals surface area contributed by atoms with Gasteiger partial charge in [0.15, 0.2) is 5.69 Å². The zero-order valence-corrected chi connectivity index (χ0v) is 15.1. The van der Waals surface area contributed by atoms with Crippen molar-refractivity contribution in [1.82, 2.24) is 4.57 Å². The van der Waals surface area contributed by atoms with Crippen LogP contribution in [0.1, 0.15) is 6.42 Å². The van der Waals surface area contributed by atoms with E-state index in [0.29, 0.717) is 0 Å². The molecule has 0 radical (unpaired) electrons. The van der Waals surface area contributed by atoms with Gasteiger partial charge in [0.2, 0.25) is 0 Å². The van der Waals surface area contributed by atoms with Crippen molar-refractivity contribution in [1.29, 1.82) is 0 Å². The monoisotopic (exact) mass is 368 g/mol. The molecule has 0 saturated carbocycles. The minimum absolute atomic E-state index is 0.108. The van der Waals surface area contributed by atoms with Gasteiger partial charge >= 0.3 is 5.16 Å². The molecule has 0 aliphatic carbocycles. The van der Waals surface area contributed by atoms with Crippen molar-refractivity contribution in [3.8, 4) is 22.7 Å². The average Bonchev–Trinajstić information content (AvgIpc) is 3.08. The van der Waals surface area contributed by atoms with Crippen LogP contribution in [0.2, 0.25) is 0 Å². The summed E-state index contributed by atoms with van der Waals surface area (Å²) < 4.78 is 9.72. The van der Waals surface area contributed by atoms with Gasteiger partial charge in [-0.25, -0.2) is 4.57 Å². The Kier molecular flexibility index (Phi) is 4.38. The van der Waals surface area contributed by atoms with E-state index < -0.39 is 0 Å². The van der Waals surface area contributed by atoms with Gasteiger partial charge in [0.05, 0.1) is 18.6 Å². The van der Waals surface area contributed by atoms with Gasteiger partial charge in [-0.05, 0) is 54.6 Å². The molecule has 1 aliphatic rings. The first kappa shape index (κ1) is 16.7. The SMILES string of the molecule is COc1ccc(-n2cc(-c3ccc([N+](=O)[O-])cc3)[n+]3c2SCCC3)cc1. The quantitative estimate of drug-likeness (QED) is 0.399. The van der Waals surface area contributed by atoms with Gasteiger partial charge in [-0.2, -0.15) is 4.57 Å². The predicted molar refractivity (Wildman–Crippen MR) is 99.9 cm³/mol. The highest BCUT2D eigenvalue weighted by molar-refractivity contribution is 7.99. The van der Waals surface area contributed by atoms with Crippen LogP contribution in [0.3, 0.4) is 0 Å². The topological polar surface area (TPSA) is 61.2 Å². The number of aromatic nitrogens is 2. The number of rotatable bonds is 4. The zero-order valence-electron chi connectivity index (χ0n) is 14.3. The Morgan fingerprint density at radius 1 is 1.15 bits per heavy atom.